The minimum atomic E-state index is -0.109. The summed E-state index contributed by atoms with van der Waals surface area (Å²) in [6, 6.07) is 18.0. The van der Waals surface area contributed by atoms with Crippen LogP contribution in [0.1, 0.15) is 11.1 Å². The fraction of sp³-hybridized carbons (Fsp3) is 0.158. The van der Waals surface area contributed by atoms with E-state index in [1.807, 2.05) is 79.7 Å². The molecule has 0 aromatic heterocycles. The fourth-order valence-corrected chi connectivity index (χ4v) is 3.61. The maximum Gasteiger partial charge on any atom is 0.280 e. The van der Waals surface area contributed by atoms with Crippen LogP contribution in [0.2, 0.25) is 0 Å². The van der Waals surface area contributed by atoms with Gasteiger partial charge in [-0.1, -0.05) is 66.4 Å². The minimum absolute atomic E-state index is 0.109. The van der Waals surface area contributed by atoms with Crippen molar-refractivity contribution in [3.63, 3.8) is 0 Å². The van der Waals surface area contributed by atoms with Gasteiger partial charge in [0.05, 0.1) is 4.91 Å². The van der Waals surface area contributed by atoms with Gasteiger partial charge in [-0.05, 0) is 29.3 Å². The quantitative estimate of drug-likeness (QED) is 0.643. The summed E-state index contributed by atoms with van der Waals surface area (Å²) < 4.78 is 0.525. The first-order valence-electron chi connectivity index (χ1n) is 7.87. The van der Waals surface area contributed by atoms with Gasteiger partial charge in [-0.2, -0.15) is 0 Å². The molecular formula is C19H19N3OS2. The Morgan fingerprint density at radius 1 is 1.12 bits per heavy atom. The number of carbonyl (C=O) groups excluding carboxylic acids is 1. The number of rotatable bonds is 5. The molecule has 2 aromatic rings. The highest BCUT2D eigenvalue weighted by Gasteiger charge is 2.32. The molecule has 0 radical (unpaired) electrons. The van der Waals surface area contributed by atoms with Crippen LogP contribution in [0, 0.1) is 0 Å². The highest BCUT2D eigenvalue weighted by molar-refractivity contribution is 8.26. The zero-order valence-electron chi connectivity index (χ0n) is 14.1. The van der Waals surface area contributed by atoms with Crippen molar-refractivity contribution in [3.05, 3.63) is 70.6 Å². The SMILES string of the molecule is CN(C)c1ccc(/C=C2/SC(=S)N(NCc3ccccc3)C2=O)cc1. The van der Waals surface area contributed by atoms with Gasteiger partial charge >= 0.3 is 0 Å². The number of benzene rings is 2. The predicted molar refractivity (Wildman–Crippen MR) is 109 cm³/mol. The van der Waals surface area contributed by atoms with Crippen molar-refractivity contribution >= 4 is 46.0 Å². The molecule has 1 aliphatic rings. The number of carbonyl (C=O) groups is 1. The first kappa shape index (κ1) is 17.7. The van der Waals surface area contributed by atoms with Crippen molar-refractivity contribution in [3.8, 4) is 0 Å². The van der Waals surface area contributed by atoms with Crippen LogP contribution in [-0.2, 0) is 11.3 Å². The molecule has 0 bridgehead atoms. The van der Waals surface area contributed by atoms with E-state index in [1.165, 1.54) is 16.8 Å². The van der Waals surface area contributed by atoms with Crippen molar-refractivity contribution in [1.82, 2.24) is 10.4 Å². The molecule has 4 nitrogen and oxygen atoms in total. The van der Waals surface area contributed by atoms with Crippen LogP contribution in [0.25, 0.3) is 6.08 Å². The topological polar surface area (TPSA) is 35.6 Å². The summed E-state index contributed by atoms with van der Waals surface area (Å²) in [6.07, 6.45) is 1.88. The lowest BCUT2D eigenvalue weighted by atomic mass is 10.2. The van der Waals surface area contributed by atoms with E-state index in [1.54, 1.807) is 0 Å². The summed E-state index contributed by atoms with van der Waals surface area (Å²) in [5, 5.41) is 1.45. The third-order valence-corrected chi connectivity index (χ3v) is 5.09. The van der Waals surface area contributed by atoms with E-state index in [9.17, 15) is 4.79 Å². The lowest BCUT2D eigenvalue weighted by Crippen LogP contribution is -2.40. The van der Waals surface area contributed by atoms with Gasteiger partial charge in [0.15, 0.2) is 4.32 Å². The largest absolute Gasteiger partial charge is 0.378 e. The second-order valence-electron chi connectivity index (χ2n) is 5.82. The summed E-state index contributed by atoms with van der Waals surface area (Å²) in [5.74, 6) is -0.109. The van der Waals surface area contributed by atoms with E-state index in [-0.39, 0.29) is 5.91 Å². The monoisotopic (exact) mass is 369 g/mol. The smallest absolute Gasteiger partial charge is 0.280 e. The average Bonchev–Trinajstić information content (AvgIpc) is 2.88. The summed E-state index contributed by atoms with van der Waals surface area (Å²) in [4.78, 5) is 15.3. The molecule has 1 aliphatic heterocycles. The van der Waals surface area contributed by atoms with Crippen LogP contribution in [0.15, 0.2) is 59.5 Å². The van der Waals surface area contributed by atoms with Crippen LogP contribution >= 0.6 is 24.0 Å². The van der Waals surface area contributed by atoms with Gasteiger partial charge in [-0.3, -0.25) is 4.79 Å². The van der Waals surface area contributed by atoms with Crippen molar-refractivity contribution in [2.75, 3.05) is 19.0 Å². The molecule has 1 amide bonds. The second kappa shape index (κ2) is 7.82. The van der Waals surface area contributed by atoms with Crippen LogP contribution in [0.3, 0.4) is 0 Å². The van der Waals surface area contributed by atoms with Gasteiger partial charge in [0.1, 0.15) is 0 Å². The molecule has 3 rings (SSSR count). The molecule has 0 unspecified atom stereocenters. The van der Waals surface area contributed by atoms with E-state index >= 15 is 0 Å². The molecule has 0 atom stereocenters. The standard InChI is InChI=1S/C19H19N3OS2/c1-21(2)16-10-8-14(9-11-16)12-17-18(23)22(19(24)25-17)20-13-15-6-4-3-5-7-15/h3-12,20H,13H2,1-2H3/b17-12+. The van der Waals surface area contributed by atoms with Gasteiger partial charge in [-0.15, -0.1) is 0 Å². The zero-order chi connectivity index (χ0) is 17.8. The summed E-state index contributed by atoms with van der Waals surface area (Å²) >= 11 is 6.66. The maximum atomic E-state index is 12.6. The molecule has 6 heteroatoms. The van der Waals surface area contributed by atoms with Crippen molar-refractivity contribution in [2.24, 2.45) is 0 Å². The van der Waals surface area contributed by atoms with E-state index in [4.69, 9.17) is 12.2 Å². The van der Waals surface area contributed by atoms with E-state index in [0.717, 1.165) is 16.8 Å². The molecule has 0 spiro atoms. The number of thioether (sulfide) groups is 1. The number of hydrazine groups is 1. The molecule has 1 N–H and O–H groups in total. The molecule has 1 heterocycles. The van der Waals surface area contributed by atoms with Crippen LogP contribution in [0.4, 0.5) is 5.69 Å². The van der Waals surface area contributed by atoms with Crippen molar-refractivity contribution in [1.29, 1.82) is 0 Å². The molecule has 1 saturated heterocycles. The van der Waals surface area contributed by atoms with E-state index in [2.05, 4.69) is 5.43 Å². The third kappa shape index (κ3) is 4.28. The minimum Gasteiger partial charge on any atom is -0.378 e. The Morgan fingerprint density at radius 3 is 2.44 bits per heavy atom. The molecular weight excluding hydrogens is 350 g/mol. The van der Waals surface area contributed by atoms with E-state index < -0.39 is 0 Å². The molecule has 128 valence electrons. The summed E-state index contributed by atoms with van der Waals surface area (Å²) in [6.45, 7) is 0.554. The Hall–Kier alpha value is -2.15. The highest BCUT2D eigenvalue weighted by Crippen LogP contribution is 2.31. The number of nitrogens with one attached hydrogen (secondary N) is 1. The number of nitrogens with zero attached hydrogens (tertiary/aromatic N) is 2. The molecule has 25 heavy (non-hydrogen) atoms. The molecule has 1 fully saturated rings. The lowest BCUT2D eigenvalue weighted by molar-refractivity contribution is -0.124. The van der Waals surface area contributed by atoms with Gasteiger partial charge in [0.25, 0.3) is 5.91 Å². The van der Waals surface area contributed by atoms with Crippen LogP contribution < -0.4 is 10.3 Å². The fourth-order valence-electron chi connectivity index (χ4n) is 2.39. The van der Waals surface area contributed by atoms with Crippen molar-refractivity contribution < 1.29 is 4.79 Å². The van der Waals surface area contributed by atoms with Crippen molar-refractivity contribution in [2.45, 2.75) is 6.54 Å². The number of amides is 1. The highest BCUT2D eigenvalue weighted by atomic mass is 32.2. The number of anilines is 1. The van der Waals surface area contributed by atoms with Crippen LogP contribution in [0.5, 0.6) is 0 Å². The van der Waals surface area contributed by atoms with Gasteiger partial charge < -0.3 is 4.90 Å². The summed E-state index contributed by atoms with van der Waals surface area (Å²) in [5.41, 5.74) is 6.31. The lowest BCUT2D eigenvalue weighted by Gasteiger charge is -2.15. The molecule has 2 aromatic carbocycles. The van der Waals surface area contributed by atoms with Crippen LogP contribution in [-0.4, -0.2) is 29.3 Å². The first-order chi connectivity index (χ1) is 12.0. The first-order valence-corrected chi connectivity index (χ1v) is 9.10. The maximum absolute atomic E-state index is 12.6. The van der Waals surface area contributed by atoms with Gasteiger partial charge in [-0.25, -0.2) is 10.4 Å². The van der Waals surface area contributed by atoms with E-state index in [0.29, 0.717) is 15.8 Å². The third-order valence-electron chi connectivity index (χ3n) is 3.79. The average molecular weight is 370 g/mol. The predicted octanol–water partition coefficient (Wildman–Crippen LogP) is 3.66. The zero-order valence-corrected chi connectivity index (χ0v) is 15.7. The second-order valence-corrected chi connectivity index (χ2v) is 7.50. The number of hydrogen-bond donors (Lipinski definition) is 1. The molecule has 0 saturated carbocycles. The molecule has 0 aliphatic carbocycles. The number of hydrogen-bond acceptors (Lipinski definition) is 5. The summed E-state index contributed by atoms with van der Waals surface area (Å²) in [7, 11) is 4.00. The number of thiocarbonyl (C=S) groups is 1. The Labute approximate surface area is 157 Å². The normalized spacial score (nSPS) is 15.9. The van der Waals surface area contributed by atoms with Gasteiger partial charge in [0.2, 0.25) is 0 Å². The Kier molecular flexibility index (Phi) is 5.53. The Bertz CT molecular complexity index is 801. The Balaban J connectivity index is 1.69. The van der Waals surface area contributed by atoms with Gasteiger partial charge in [0, 0.05) is 26.3 Å². The Morgan fingerprint density at radius 2 is 1.80 bits per heavy atom.